The summed E-state index contributed by atoms with van der Waals surface area (Å²) in [4.78, 5) is 11.6. The molecule has 0 spiro atoms. The van der Waals surface area contributed by atoms with Crippen molar-refractivity contribution < 1.29 is 19.0 Å². The molecular weight excluding hydrogens is 246 g/mol. The molecule has 0 aromatic carbocycles. The van der Waals surface area contributed by atoms with E-state index in [9.17, 15) is 4.79 Å². The van der Waals surface area contributed by atoms with Crippen molar-refractivity contribution in [3.8, 4) is 0 Å². The standard InChI is InChI=1S/C14H29NO4/c1-12(2)9-13(11-15)10-14(16)19-8-7-18-6-4-5-17-3/h12-13H,4-11,15H2,1-3H3/t13-/m0/s1. The maximum Gasteiger partial charge on any atom is 0.306 e. The van der Waals surface area contributed by atoms with Gasteiger partial charge in [-0.15, -0.1) is 0 Å². The van der Waals surface area contributed by atoms with Crippen LogP contribution in [0.25, 0.3) is 0 Å². The monoisotopic (exact) mass is 275 g/mol. The average Bonchev–Trinajstić information content (AvgIpc) is 2.36. The quantitative estimate of drug-likeness (QED) is 0.432. The summed E-state index contributed by atoms with van der Waals surface area (Å²) >= 11 is 0. The van der Waals surface area contributed by atoms with E-state index in [4.69, 9.17) is 19.9 Å². The van der Waals surface area contributed by atoms with Gasteiger partial charge in [-0.25, -0.2) is 0 Å². The van der Waals surface area contributed by atoms with Crippen molar-refractivity contribution in [2.24, 2.45) is 17.6 Å². The molecule has 0 heterocycles. The first-order valence-electron chi connectivity index (χ1n) is 7.02. The molecule has 0 aliphatic rings. The second-order valence-electron chi connectivity index (χ2n) is 5.11. The van der Waals surface area contributed by atoms with E-state index in [-0.39, 0.29) is 11.9 Å². The Balaban J connectivity index is 3.52. The topological polar surface area (TPSA) is 70.8 Å². The largest absolute Gasteiger partial charge is 0.463 e. The molecule has 114 valence electrons. The summed E-state index contributed by atoms with van der Waals surface area (Å²) < 4.78 is 15.3. The first-order valence-corrected chi connectivity index (χ1v) is 7.02. The maximum absolute atomic E-state index is 11.6. The zero-order valence-electron chi connectivity index (χ0n) is 12.5. The minimum Gasteiger partial charge on any atom is -0.463 e. The normalized spacial score (nSPS) is 12.7. The number of methoxy groups -OCH3 is 1. The lowest BCUT2D eigenvalue weighted by molar-refractivity contribution is -0.146. The minimum absolute atomic E-state index is 0.184. The van der Waals surface area contributed by atoms with Crippen LogP contribution in [0, 0.1) is 11.8 Å². The number of nitrogens with two attached hydrogens (primary N) is 1. The third-order valence-electron chi connectivity index (χ3n) is 2.72. The van der Waals surface area contributed by atoms with Crippen LogP contribution < -0.4 is 5.73 Å². The zero-order valence-corrected chi connectivity index (χ0v) is 12.5. The van der Waals surface area contributed by atoms with Gasteiger partial charge in [0.15, 0.2) is 0 Å². The lowest BCUT2D eigenvalue weighted by Crippen LogP contribution is -2.22. The van der Waals surface area contributed by atoms with E-state index in [1.54, 1.807) is 7.11 Å². The van der Waals surface area contributed by atoms with Crippen LogP contribution in [0.1, 0.15) is 33.1 Å². The number of hydrogen-bond acceptors (Lipinski definition) is 5. The highest BCUT2D eigenvalue weighted by Gasteiger charge is 2.14. The highest BCUT2D eigenvalue weighted by atomic mass is 16.6. The van der Waals surface area contributed by atoms with Crippen molar-refractivity contribution in [2.45, 2.75) is 33.1 Å². The molecule has 0 rings (SSSR count). The van der Waals surface area contributed by atoms with E-state index in [0.29, 0.717) is 45.3 Å². The molecule has 5 heteroatoms. The van der Waals surface area contributed by atoms with Crippen molar-refractivity contribution in [3.63, 3.8) is 0 Å². The van der Waals surface area contributed by atoms with Crippen LogP contribution in [0.3, 0.4) is 0 Å². The molecule has 0 amide bonds. The third kappa shape index (κ3) is 12.1. The molecule has 2 N–H and O–H groups in total. The number of carbonyl (C=O) groups excluding carboxylic acids is 1. The average molecular weight is 275 g/mol. The van der Waals surface area contributed by atoms with Crippen molar-refractivity contribution in [2.75, 3.05) is 40.1 Å². The van der Waals surface area contributed by atoms with Crippen LogP contribution in [0.2, 0.25) is 0 Å². The Kier molecular flexibility index (Phi) is 12.0. The number of ether oxygens (including phenoxy) is 3. The Morgan fingerprint density at radius 1 is 1.16 bits per heavy atom. The Labute approximate surface area is 116 Å². The number of esters is 1. The van der Waals surface area contributed by atoms with Crippen LogP contribution in [-0.2, 0) is 19.0 Å². The van der Waals surface area contributed by atoms with Crippen LogP contribution in [0.4, 0.5) is 0 Å². The number of hydrogen-bond donors (Lipinski definition) is 1. The highest BCUT2D eigenvalue weighted by Crippen LogP contribution is 2.14. The fourth-order valence-corrected chi connectivity index (χ4v) is 1.85. The summed E-state index contributed by atoms with van der Waals surface area (Å²) in [7, 11) is 1.66. The van der Waals surface area contributed by atoms with E-state index in [2.05, 4.69) is 13.8 Å². The van der Waals surface area contributed by atoms with Gasteiger partial charge in [-0.2, -0.15) is 0 Å². The molecule has 0 saturated carbocycles. The van der Waals surface area contributed by atoms with Gasteiger partial charge in [0.1, 0.15) is 6.61 Å². The summed E-state index contributed by atoms with van der Waals surface area (Å²) in [6, 6.07) is 0. The minimum atomic E-state index is -0.184. The van der Waals surface area contributed by atoms with Gasteiger partial charge in [-0.3, -0.25) is 4.79 Å². The summed E-state index contributed by atoms with van der Waals surface area (Å²) in [6.07, 6.45) is 2.21. The van der Waals surface area contributed by atoms with E-state index in [1.165, 1.54) is 0 Å². The van der Waals surface area contributed by atoms with E-state index in [1.807, 2.05) is 0 Å². The molecule has 0 radical (unpaired) electrons. The van der Waals surface area contributed by atoms with Crippen LogP contribution in [0.5, 0.6) is 0 Å². The fourth-order valence-electron chi connectivity index (χ4n) is 1.85. The van der Waals surface area contributed by atoms with Crippen LogP contribution in [-0.4, -0.2) is 46.1 Å². The van der Waals surface area contributed by atoms with Crippen molar-refractivity contribution >= 4 is 5.97 Å². The van der Waals surface area contributed by atoms with Gasteiger partial charge in [-0.1, -0.05) is 13.8 Å². The Morgan fingerprint density at radius 2 is 1.89 bits per heavy atom. The van der Waals surface area contributed by atoms with Gasteiger partial charge < -0.3 is 19.9 Å². The summed E-state index contributed by atoms with van der Waals surface area (Å²) in [5.41, 5.74) is 5.65. The molecule has 0 aromatic heterocycles. The molecule has 0 bridgehead atoms. The van der Waals surface area contributed by atoms with E-state index < -0.39 is 0 Å². The maximum atomic E-state index is 11.6. The molecule has 1 atom stereocenters. The summed E-state index contributed by atoms with van der Waals surface area (Å²) in [6.45, 7) is 6.85. The van der Waals surface area contributed by atoms with Gasteiger partial charge in [0.2, 0.25) is 0 Å². The van der Waals surface area contributed by atoms with Crippen molar-refractivity contribution in [1.29, 1.82) is 0 Å². The lowest BCUT2D eigenvalue weighted by atomic mass is 9.94. The predicted molar refractivity (Wildman–Crippen MR) is 74.9 cm³/mol. The predicted octanol–water partition coefficient (Wildman–Crippen LogP) is 1.59. The highest BCUT2D eigenvalue weighted by molar-refractivity contribution is 5.69. The third-order valence-corrected chi connectivity index (χ3v) is 2.72. The Bertz CT molecular complexity index is 221. The molecule has 0 aliphatic carbocycles. The van der Waals surface area contributed by atoms with E-state index >= 15 is 0 Å². The second kappa shape index (κ2) is 12.4. The molecule has 0 aromatic rings. The van der Waals surface area contributed by atoms with Crippen LogP contribution in [0.15, 0.2) is 0 Å². The second-order valence-corrected chi connectivity index (χ2v) is 5.11. The molecular formula is C14H29NO4. The summed E-state index contributed by atoms with van der Waals surface area (Å²) in [5.74, 6) is 0.581. The molecule has 0 unspecified atom stereocenters. The van der Waals surface area contributed by atoms with Gasteiger partial charge in [-0.05, 0) is 31.2 Å². The van der Waals surface area contributed by atoms with Gasteiger partial charge >= 0.3 is 5.97 Å². The van der Waals surface area contributed by atoms with Crippen LogP contribution >= 0.6 is 0 Å². The Hall–Kier alpha value is -0.650. The number of carbonyl (C=O) groups is 1. The van der Waals surface area contributed by atoms with Gasteiger partial charge in [0.25, 0.3) is 0 Å². The Morgan fingerprint density at radius 3 is 2.47 bits per heavy atom. The molecule has 0 saturated heterocycles. The van der Waals surface area contributed by atoms with E-state index in [0.717, 1.165) is 12.8 Å². The number of rotatable bonds is 12. The molecule has 19 heavy (non-hydrogen) atoms. The van der Waals surface area contributed by atoms with Crippen molar-refractivity contribution in [1.82, 2.24) is 0 Å². The fraction of sp³-hybridized carbons (Fsp3) is 0.929. The molecule has 0 fully saturated rings. The smallest absolute Gasteiger partial charge is 0.306 e. The van der Waals surface area contributed by atoms with Gasteiger partial charge in [0.05, 0.1) is 6.61 Å². The zero-order chi connectivity index (χ0) is 14.5. The first-order chi connectivity index (χ1) is 9.10. The summed E-state index contributed by atoms with van der Waals surface area (Å²) in [5, 5.41) is 0. The SMILES string of the molecule is COCCCOCCOC(=O)C[C@@H](CN)CC(C)C. The molecule has 0 aliphatic heterocycles. The first kappa shape index (κ1) is 18.4. The van der Waals surface area contributed by atoms with Gasteiger partial charge in [0, 0.05) is 26.7 Å². The lowest BCUT2D eigenvalue weighted by Gasteiger charge is -2.16. The van der Waals surface area contributed by atoms with Crippen molar-refractivity contribution in [3.05, 3.63) is 0 Å². The molecule has 5 nitrogen and oxygen atoms in total.